The Kier molecular flexibility index (Phi) is 3.62. The van der Waals surface area contributed by atoms with Gasteiger partial charge < -0.3 is 9.84 Å². The summed E-state index contributed by atoms with van der Waals surface area (Å²) in [4.78, 5) is 15.2. The summed E-state index contributed by atoms with van der Waals surface area (Å²) in [5, 5.41) is 11.4. The molecular formula is C13H13NO3S. The van der Waals surface area contributed by atoms with E-state index in [1.54, 1.807) is 12.1 Å². The van der Waals surface area contributed by atoms with Crippen molar-refractivity contribution in [1.29, 1.82) is 0 Å². The molecule has 0 bridgehead atoms. The highest BCUT2D eigenvalue weighted by Gasteiger charge is 2.09. The van der Waals surface area contributed by atoms with Gasteiger partial charge in [-0.1, -0.05) is 24.3 Å². The summed E-state index contributed by atoms with van der Waals surface area (Å²) >= 11 is 1.41. The predicted molar refractivity (Wildman–Crippen MR) is 69.7 cm³/mol. The van der Waals surface area contributed by atoms with Crippen molar-refractivity contribution >= 4 is 17.3 Å². The maximum absolute atomic E-state index is 10.9. The number of carboxylic acids is 1. The van der Waals surface area contributed by atoms with Crippen LogP contribution in [-0.2, 0) is 6.42 Å². The van der Waals surface area contributed by atoms with E-state index in [9.17, 15) is 4.79 Å². The van der Waals surface area contributed by atoms with E-state index in [1.165, 1.54) is 17.4 Å². The summed E-state index contributed by atoms with van der Waals surface area (Å²) in [6.07, 6.45) is 0.855. The Morgan fingerprint density at radius 3 is 2.89 bits per heavy atom. The first-order chi connectivity index (χ1) is 8.60. The minimum atomic E-state index is -0.965. The van der Waals surface area contributed by atoms with Crippen LogP contribution < -0.4 is 4.74 Å². The van der Waals surface area contributed by atoms with Gasteiger partial charge in [-0.3, -0.25) is 0 Å². The van der Waals surface area contributed by atoms with Crippen molar-refractivity contribution in [3.8, 4) is 10.9 Å². The Labute approximate surface area is 109 Å². The quantitative estimate of drug-likeness (QED) is 0.917. The van der Waals surface area contributed by atoms with Crippen molar-refractivity contribution in [2.75, 3.05) is 0 Å². The summed E-state index contributed by atoms with van der Waals surface area (Å²) < 4.78 is 5.63. The van der Waals surface area contributed by atoms with Gasteiger partial charge in [0.15, 0.2) is 0 Å². The third kappa shape index (κ3) is 2.68. The zero-order valence-electron chi connectivity index (χ0n) is 10.1. The van der Waals surface area contributed by atoms with Crippen molar-refractivity contribution in [3.05, 3.63) is 40.4 Å². The maximum atomic E-state index is 10.9. The second-order valence-corrected chi connectivity index (χ2v) is 4.67. The number of nitrogens with zero attached hydrogens (tertiary/aromatic N) is 1. The van der Waals surface area contributed by atoms with Gasteiger partial charge in [-0.05, 0) is 31.0 Å². The molecule has 1 N–H and O–H groups in total. The highest BCUT2D eigenvalue weighted by Crippen LogP contribution is 2.28. The molecular weight excluding hydrogens is 250 g/mol. The number of benzene rings is 1. The van der Waals surface area contributed by atoms with E-state index in [1.807, 2.05) is 19.2 Å². The first-order valence-electron chi connectivity index (χ1n) is 5.56. The Balaban J connectivity index is 2.27. The molecule has 0 saturated heterocycles. The molecule has 4 nitrogen and oxygen atoms in total. The van der Waals surface area contributed by atoms with Crippen molar-refractivity contribution in [3.63, 3.8) is 0 Å². The molecule has 0 atom stereocenters. The van der Waals surface area contributed by atoms with Crippen LogP contribution >= 0.6 is 11.3 Å². The molecule has 1 heterocycles. The second-order valence-electron chi connectivity index (χ2n) is 3.85. The summed E-state index contributed by atoms with van der Waals surface area (Å²) in [6.45, 7) is 3.89. The molecule has 0 aliphatic carbocycles. The normalized spacial score (nSPS) is 10.3. The number of carbonyl (C=O) groups is 1. The lowest BCUT2D eigenvalue weighted by molar-refractivity contribution is 0.0696. The van der Waals surface area contributed by atoms with E-state index in [2.05, 4.69) is 4.98 Å². The van der Waals surface area contributed by atoms with E-state index in [4.69, 9.17) is 9.84 Å². The number of aryl methyl sites for hydroxylation is 2. The van der Waals surface area contributed by atoms with Crippen LogP contribution in [0.15, 0.2) is 23.6 Å². The summed E-state index contributed by atoms with van der Waals surface area (Å²) in [7, 11) is 0. The predicted octanol–water partition coefficient (Wildman–Crippen LogP) is 3.50. The van der Waals surface area contributed by atoms with Gasteiger partial charge in [0.25, 0.3) is 5.19 Å². The average molecular weight is 263 g/mol. The molecule has 0 amide bonds. The Morgan fingerprint density at radius 2 is 2.28 bits per heavy atom. The van der Waals surface area contributed by atoms with E-state index >= 15 is 0 Å². The fraction of sp³-hybridized carbons (Fsp3) is 0.231. The minimum absolute atomic E-state index is 0.211. The molecule has 0 saturated carbocycles. The van der Waals surface area contributed by atoms with Crippen LogP contribution in [0.5, 0.6) is 10.9 Å². The molecule has 0 fully saturated rings. The van der Waals surface area contributed by atoms with Crippen molar-refractivity contribution in [2.24, 2.45) is 0 Å². The Bertz CT molecular complexity index is 577. The molecule has 0 radical (unpaired) electrons. The number of aromatic nitrogens is 1. The zero-order valence-corrected chi connectivity index (χ0v) is 11.0. The van der Waals surface area contributed by atoms with E-state index in [0.717, 1.165) is 17.7 Å². The highest BCUT2D eigenvalue weighted by atomic mass is 32.1. The molecule has 0 aliphatic rings. The van der Waals surface area contributed by atoms with Gasteiger partial charge >= 0.3 is 5.97 Å². The molecule has 2 aromatic rings. The summed E-state index contributed by atoms with van der Waals surface area (Å²) in [5.41, 5.74) is 2.07. The van der Waals surface area contributed by atoms with Crippen LogP contribution in [0, 0.1) is 6.92 Å². The van der Waals surface area contributed by atoms with Crippen molar-refractivity contribution in [2.45, 2.75) is 20.3 Å². The lowest BCUT2D eigenvalue weighted by Gasteiger charge is -2.06. The number of rotatable bonds is 4. The number of thiazole rings is 1. The van der Waals surface area contributed by atoms with Crippen LogP contribution in [0.3, 0.4) is 0 Å². The SMILES string of the molecule is CCc1csc(Oc2cc(C(=O)O)ccc2C)n1. The van der Waals surface area contributed by atoms with Crippen LogP contribution in [0.25, 0.3) is 0 Å². The molecule has 0 aliphatic heterocycles. The molecule has 94 valence electrons. The lowest BCUT2D eigenvalue weighted by Crippen LogP contribution is -1.97. The van der Waals surface area contributed by atoms with E-state index in [0.29, 0.717) is 10.9 Å². The monoisotopic (exact) mass is 263 g/mol. The number of hydrogen-bond acceptors (Lipinski definition) is 4. The van der Waals surface area contributed by atoms with E-state index < -0.39 is 5.97 Å². The van der Waals surface area contributed by atoms with Gasteiger partial charge in [0.2, 0.25) is 0 Å². The standard InChI is InChI=1S/C13H13NO3S/c1-3-10-7-18-13(14-10)17-11-6-9(12(15)16)5-4-8(11)2/h4-7H,3H2,1-2H3,(H,15,16). The minimum Gasteiger partial charge on any atom is -0.478 e. The van der Waals surface area contributed by atoms with Gasteiger partial charge in [-0.15, -0.1) is 0 Å². The molecule has 1 aromatic heterocycles. The molecule has 18 heavy (non-hydrogen) atoms. The third-order valence-corrected chi connectivity index (χ3v) is 3.29. The highest BCUT2D eigenvalue weighted by molar-refractivity contribution is 7.11. The maximum Gasteiger partial charge on any atom is 0.335 e. The first kappa shape index (κ1) is 12.6. The van der Waals surface area contributed by atoms with Gasteiger partial charge in [-0.25, -0.2) is 9.78 Å². The smallest absolute Gasteiger partial charge is 0.335 e. The number of hydrogen-bond donors (Lipinski definition) is 1. The summed E-state index contributed by atoms with van der Waals surface area (Å²) in [5.74, 6) is -0.430. The van der Waals surface area contributed by atoms with E-state index in [-0.39, 0.29) is 5.56 Å². The Morgan fingerprint density at radius 1 is 1.50 bits per heavy atom. The van der Waals surface area contributed by atoms with Crippen molar-refractivity contribution < 1.29 is 14.6 Å². The zero-order chi connectivity index (χ0) is 13.1. The van der Waals surface area contributed by atoms with Gasteiger partial charge in [-0.2, -0.15) is 0 Å². The van der Waals surface area contributed by atoms with Crippen molar-refractivity contribution in [1.82, 2.24) is 4.98 Å². The van der Waals surface area contributed by atoms with Crippen LogP contribution in [0.4, 0.5) is 0 Å². The second kappa shape index (κ2) is 5.18. The fourth-order valence-electron chi connectivity index (χ4n) is 1.43. The first-order valence-corrected chi connectivity index (χ1v) is 6.44. The fourth-order valence-corrected chi connectivity index (χ4v) is 2.20. The molecule has 0 spiro atoms. The molecule has 5 heteroatoms. The van der Waals surface area contributed by atoms with Crippen LogP contribution in [0.1, 0.15) is 28.5 Å². The molecule has 1 aromatic carbocycles. The number of aromatic carboxylic acids is 1. The number of ether oxygens (including phenoxy) is 1. The van der Waals surface area contributed by atoms with Gasteiger partial charge in [0.1, 0.15) is 5.75 Å². The third-order valence-electron chi connectivity index (χ3n) is 2.53. The molecule has 0 unspecified atom stereocenters. The van der Waals surface area contributed by atoms with Gasteiger partial charge in [0.05, 0.1) is 11.3 Å². The Hall–Kier alpha value is -1.88. The topological polar surface area (TPSA) is 59.4 Å². The largest absolute Gasteiger partial charge is 0.478 e. The van der Waals surface area contributed by atoms with Crippen LogP contribution in [-0.4, -0.2) is 16.1 Å². The molecule has 2 rings (SSSR count). The van der Waals surface area contributed by atoms with Gasteiger partial charge in [0, 0.05) is 5.38 Å². The average Bonchev–Trinajstić information content (AvgIpc) is 2.79. The van der Waals surface area contributed by atoms with Crippen LogP contribution in [0.2, 0.25) is 0 Å². The lowest BCUT2D eigenvalue weighted by atomic mass is 10.1. The summed E-state index contributed by atoms with van der Waals surface area (Å²) in [6, 6.07) is 4.81. The number of carboxylic acid groups (broad SMARTS) is 1.